The van der Waals surface area contributed by atoms with Crippen molar-refractivity contribution in [1.29, 1.82) is 0 Å². The van der Waals surface area contributed by atoms with E-state index in [9.17, 15) is 18.0 Å². The third-order valence-electron chi connectivity index (χ3n) is 6.74. The van der Waals surface area contributed by atoms with Gasteiger partial charge in [0.1, 0.15) is 5.75 Å². The number of ether oxygens (including phenoxy) is 1. The molecule has 4 rings (SSSR count). The van der Waals surface area contributed by atoms with Gasteiger partial charge in [-0.05, 0) is 56.3 Å². The number of carbonyl (C=O) groups excluding carboxylic acids is 1. The van der Waals surface area contributed by atoms with Crippen molar-refractivity contribution in [3.8, 4) is 5.75 Å². The zero-order valence-electron chi connectivity index (χ0n) is 18.1. The molecule has 172 valence electrons. The first-order valence-electron chi connectivity index (χ1n) is 10.8. The molecule has 0 saturated carbocycles. The van der Waals surface area contributed by atoms with Crippen LogP contribution in [0.3, 0.4) is 0 Å². The highest BCUT2D eigenvalue weighted by molar-refractivity contribution is 7.80. The Bertz CT molecular complexity index is 1010. The van der Waals surface area contributed by atoms with E-state index < -0.39 is 23.2 Å². The number of benzene rings is 2. The van der Waals surface area contributed by atoms with Gasteiger partial charge in [0.05, 0.1) is 28.7 Å². The van der Waals surface area contributed by atoms with Crippen LogP contribution in [0.5, 0.6) is 5.75 Å². The fraction of sp³-hybridized carbons (Fsp3) is 0.458. The molecule has 0 aliphatic carbocycles. The van der Waals surface area contributed by atoms with Crippen LogP contribution in [0, 0.1) is 6.92 Å². The number of carbonyl (C=O) groups is 1. The first kappa shape index (κ1) is 23.0. The van der Waals surface area contributed by atoms with Crippen LogP contribution in [-0.4, -0.2) is 37.0 Å². The minimum absolute atomic E-state index is 0.0874. The number of fused-ring (bicyclic) bond motifs is 1. The summed E-state index contributed by atoms with van der Waals surface area (Å²) in [6.07, 6.45) is -0.578. The molecule has 8 heteroatoms. The average molecular weight is 465 g/mol. The highest BCUT2D eigenvalue weighted by Gasteiger charge is 2.44. The average Bonchev–Trinajstić information content (AvgIpc) is 3.22. The number of hydrogen-bond acceptors (Lipinski definition) is 4. The molecule has 0 spiro atoms. The number of aryl methyl sites for hydroxylation is 1. The molecule has 4 nitrogen and oxygen atoms in total. The Hall–Kier alpha value is -2.19. The minimum atomic E-state index is -4.59. The van der Waals surface area contributed by atoms with Gasteiger partial charge in [0, 0.05) is 12.6 Å². The number of piperidine rings is 1. The number of nitrogens with zero attached hydrogens (tertiary/aromatic N) is 1. The van der Waals surface area contributed by atoms with Crippen LogP contribution >= 0.6 is 12.6 Å². The van der Waals surface area contributed by atoms with Gasteiger partial charge in [-0.3, -0.25) is 9.69 Å². The highest BCUT2D eigenvalue weighted by atomic mass is 32.1. The molecule has 2 aromatic rings. The molecule has 2 aromatic carbocycles. The van der Waals surface area contributed by atoms with Gasteiger partial charge in [-0.15, -0.1) is 12.6 Å². The largest absolute Gasteiger partial charge is 0.495 e. The lowest BCUT2D eigenvalue weighted by Gasteiger charge is -2.45. The number of nitrogens with one attached hydrogen (secondary N) is 1. The second-order valence-corrected chi connectivity index (χ2v) is 9.15. The Kier molecular flexibility index (Phi) is 6.20. The lowest BCUT2D eigenvalue weighted by Crippen LogP contribution is -2.57. The van der Waals surface area contributed by atoms with Gasteiger partial charge in [-0.2, -0.15) is 13.2 Å². The minimum Gasteiger partial charge on any atom is -0.495 e. The molecule has 2 fully saturated rings. The summed E-state index contributed by atoms with van der Waals surface area (Å²) in [5, 5.41) is 3.20. The predicted molar refractivity (Wildman–Crippen MR) is 119 cm³/mol. The number of hydrogen-bond donors (Lipinski definition) is 2. The van der Waals surface area contributed by atoms with Gasteiger partial charge in [0.2, 0.25) is 0 Å². The zero-order chi connectivity index (χ0) is 23.1. The van der Waals surface area contributed by atoms with E-state index in [4.69, 9.17) is 4.74 Å². The third kappa shape index (κ3) is 4.10. The Labute approximate surface area is 191 Å². The van der Waals surface area contributed by atoms with Crippen LogP contribution in [0.2, 0.25) is 0 Å². The van der Waals surface area contributed by atoms with Crippen molar-refractivity contribution >= 4 is 18.5 Å². The standard InChI is InChI=1S/C24H27F3N2O2S/c1-15-13-18(24(25,26)27)21(32)20(31-2)19(15)22(30)28-23(16-7-4-3-5-8-16)11-10-17-9-6-12-29(17)14-23/h3-5,7-8,13,17,32H,6,9-12,14H2,1-2H3,(H,28,30). The van der Waals surface area contributed by atoms with E-state index in [-0.39, 0.29) is 21.8 Å². The molecule has 2 aliphatic rings. The summed E-state index contributed by atoms with van der Waals surface area (Å²) in [4.78, 5) is 15.6. The van der Waals surface area contributed by atoms with Crippen LogP contribution in [0.4, 0.5) is 13.2 Å². The van der Waals surface area contributed by atoms with Crippen molar-refractivity contribution in [2.75, 3.05) is 20.2 Å². The van der Waals surface area contributed by atoms with Gasteiger partial charge >= 0.3 is 6.18 Å². The van der Waals surface area contributed by atoms with E-state index in [1.807, 2.05) is 30.3 Å². The van der Waals surface area contributed by atoms with Crippen molar-refractivity contribution < 1.29 is 22.7 Å². The predicted octanol–water partition coefficient (Wildman–Crippen LogP) is 5.19. The van der Waals surface area contributed by atoms with Crippen LogP contribution < -0.4 is 10.1 Å². The molecule has 2 aliphatic heterocycles. The lowest BCUT2D eigenvalue weighted by molar-refractivity contribution is -0.139. The van der Waals surface area contributed by atoms with Gasteiger partial charge in [-0.1, -0.05) is 30.3 Å². The summed E-state index contributed by atoms with van der Waals surface area (Å²) in [7, 11) is 1.26. The maximum absolute atomic E-state index is 13.6. The fourth-order valence-corrected chi connectivity index (χ4v) is 5.58. The van der Waals surface area contributed by atoms with E-state index in [0.29, 0.717) is 12.6 Å². The van der Waals surface area contributed by atoms with Crippen molar-refractivity contribution in [2.24, 2.45) is 0 Å². The normalized spacial score (nSPS) is 23.6. The smallest absolute Gasteiger partial charge is 0.417 e. The quantitative estimate of drug-likeness (QED) is 0.612. The molecule has 1 amide bonds. The van der Waals surface area contributed by atoms with Crippen molar-refractivity contribution in [2.45, 2.75) is 55.3 Å². The molecule has 0 bridgehead atoms. The van der Waals surface area contributed by atoms with Crippen molar-refractivity contribution in [3.05, 3.63) is 58.7 Å². The van der Waals surface area contributed by atoms with Crippen molar-refractivity contribution in [1.82, 2.24) is 10.2 Å². The third-order valence-corrected chi connectivity index (χ3v) is 7.19. The number of alkyl halides is 3. The Morgan fingerprint density at radius 3 is 2.62 bits per heavy atom. The number of rotatable bonds is 4. The van der Waals surface area contributed by atoms with E-state index >= 15 is 0 Å². The van der Waals surface area contributed by atoms with Crippen LogP contribution in [0.1, 0.15) is 52.7 Å². The topological polar surface area (TPSA) is 41.6 Å². The number of thiol groups is 1. The van der Waals surface area contributed by atoms with Crippen LogP contribution in [-0.2, 0) is 11.7 Å². The second-order valence-electron chi connectivity index (χ2n) is 8.70. The molecule has 2 unspecified atom stereocenters. The molecular formula is C24H27F3N2O2S. The summed E-state index contributed by atoms with van der Waals surface area (Å²) in [5.74, 6) is -0.610. The molecule has 2 atom stereocenters. The maximum atomic E-state index is 13.6. The summed E-state index contributed by atoms with van der Waals surface area (Å²) in [6, 6.07) is 11.3. The highest BCUT2D eigenvalue weighted by Crippen LogP contribution is 2.43. The van der Waals surface area contributed by atoms with E-state index in [2.05, 4.69) is 22.8 Å². The van der Waals surface area contributed by atoms with Gasteiger partial charge in [0.25, 0.3) is 5.91 Å². The molecular weight excluding hydrogens is 437 g/mol. The summed E-state index contributed by atoms with van der Waals surface area (Å²) < 4.78 is 45.6. The van der Waals surface area contributed by atoms with E-state index in [0.717, 1.165) is 43.9 Å². The molecule has 1 N–H and O–H groups in total. The molecule has 2 saturated heterocycles. The monoisotopic (exact) mass is 464 g/mol. The lowest BCUT2D eigenvalue weighted by atomic mass is 9.79. The number of halogens is 3. The van der Waals surface area contributed by atoms with Gasteiger partial charge in [0.15, 0.2) is 0 Å². The first-order valence-corrected chi connectivity index (χ1v) is 11.2. The van der Waals surface area contributed by atoms with Crippen molar-refractivity contribution in [3.63, 3.8) is 0 Å². The first-order chi connectivity index (χ1) is 15.2. The number of amides is 1. The van der Waals surface area contributed by atoms with E-state index in [1.54, 1.807) is 0 Å². The number of methoxy groups -OCH3 is 1. The summed E-state index contributed by atoms with van der Waals surface area (Å²) in [5.41, 5.74) is -0.266. The summed E-state index contributed by atoms with van der Waals surface area (Å²) in [6.45, 7) is 3.15. The van der Waals surface area contributed by atoms with Crippen LogP contribution in [0.15, 0.2) is 41.3 Å². The van der Waals surface area contributed by atoms with E-state index in [1.165, 1.54) is 14.0 Å². The van der Waals surface area contributed by atoms with Gasteiger partial charge < -0.3 is 10.1 Å². The molecule has 0 radical (unpaired) electrons. The molecule has 32 heavy (non-hydrogen) atoms. The SMILES string of the molecule is COc1c(S)c(C(F)(F)F)cc(C)c1C(=O)NC1(c2ccccc2)CCC2CCCN2C1. The Morgan fingerprint density at radius 1 is 1.25 bits per heavy atom. The molecule has 0 aromatic heterocycles. The zero-order valence-corrected chi connectivity index (χ0v) is 19.0. The maximum Gasteiger partial charge on any atom is 0.417 e. The van der Waals surface area contributed by atoms with Crippen LogP contribution in [0.25, 0.3) is 0 Å². The Morgan fingerprint density at radius 2 is 1.97 bits per heavy atom. The molecule has 2 heterocycles. The second kappa shape index (κ2) is 8.63. The summed E-state index contributed by atoms with van der Waals surface area (Å²) >= 11 is 4.07. The Balaban J connectivity index is 1.74. The fourth-order valence-electron chi connectivity index (χ4n) is 5.19. The van der Waals surface area contributed by atoms with Gasteiger partial charge in [-0.25, -0.2) is 0 Å².